The number of hydrogen-bond donors (Lipinski definition) is 3. The fourth-order valence-corrected chi connectivity index (χ4v) is 3.56. The summed E-state index contributed by atoms with van der Waals surface area (Å²) in [6.07, 6.45) is 0.566. The summed E-state index contributed by atoms with van der Waals surface area (Å²) in [6.45, 7) is 3.39. The van der Waals surface area contributed by atoms with Gasteiger partial charge in [-0.2, -0.15) is 0 Å². The number of aromatic nitrogens is 2. The number of anilines is 1. The summed E-state index contributed by atoms with van der Waals surface area (Å²) in [4.78, 5) is 38.9. The number of carbonyl (C=O) groups is 1. The maximum absolute atomic E-state index is 14.8. The van der Waals surface area contributed by atoms with Crippen LogP contribution in [0.15, 0.2) is 39.9 Å². The minimum absolute atomic E-state index is 0.123. The maximum atomic E-state index is 14.8. The smallest absolute Gasteiger partial charge is 0.316 e. The molecule has 8 heteroatoms. The molecule has 4 rings (SSSR count). The summed E-state index contributed by atoms with van der Waals surface area (Å²) in [5.74, 6) is -0.911. The summed E-state index contributed by atoms with van der Waals surface area (Å²) in [5, 5.41) is 5.78. The molecule has 0 unspecified atom stereocenters. The van der Waals surface area contributed by atoms with Crippen LogP contribution in [0, 0.1) is 5.82 Å². The van der Waals surface area contributed by atoms with Crippen molar-refractivity contribution in [3.8, 4) is 0 Å². The van der Waals surface area contributed by atoms with Crippen molar-refractivity contribution in [1.82, 2.24) is 14.9 Å². The van der Waals surface area contributed by atoms with Gasteiger partial charge in [0.25, 0.3) is 5.91 Å². The van der Waals surface area contributed by atoms with Crippen LogP contribution in [0.3, 0.4) is 0 Å². The van der Waals surface area contributed by atoms with Crippen LogP contribution in [-0.4, -0.2) is 22.0 Å². The Hall–Kier alpha value is -3.26. The van der Waals surface area contributed by atoms with Crippen molar-refractivity contribution in [1.29, 1.82) is 0 Å². The van der Waals surface area contributed by atoms with E-state index in [1.165, 1.54) is 10.6 Å². The first-order chi connectivity index (χ1) is 13.5. The molecule has 3 aromatic rings. The van der Waals surface area contributed by atoms with Crippen LogP contribution in [-0.2, 0) is 19.5 Å². The Bertz CT molecular complexity index is 1210. The molecular formula is C20H19FN4O3. The molecular weight excluding hydrogens is 363 g/mol. The highest BCUT2D eigenvalue weighted by Gasteiger charge is 2.18. The van der Waals surface area contributed by atoms with Gasteiger partial charge in [-0.1, -0.05) is 6.07 Å². The summed E-state index contributed by atoms with van der Waals surface area (Å²) >= 11 is 0. The zero-order valence-electron chi connectivity index (χ0n) is 15.3. The Labute approximate surface area is 159 Å². The third-order valence-electron chi connectivity index (χ3n) is 5.01. The van der Waals surface area contributed by atoms with Gasteiger partial charge in [-0.15, -0.1) is 0 Å². The van der Waals surface area contributed by atoms with Crippen molar-refractivity contribution in [3.63, 3.8) is 0 Å². The molecule has 0 saturated carbocycles. The van der Waals surface area contributed by atoms with Crippen LogP contribution in [0.2, 0.25) is 0 Å². The third-order valence-corrected chi connectivity index (χ3v) is 5.01. The van der Waals surface area contributed by atoms with E-state index in [4.69, 9.17) is 0 Å². The van der Waals surface area contributed by atoms with Gasteiger partial charge in [-0.3, -0.25) is 14.4 Å². The Morgan fingerprint density at radius 3 is 2.86 bits per heavy atom. The monoisotopic (exact) mass is 382 g/mol. The largest absolute Gasteiger partial charge is 0.319 e. The van der Waals surface area contributed by atoms with Crippen LogP contribution in [0.5, 0.6) is 0 Å². The predicted octanol–water partition coefficient (Wildman–Crippen LogP) is 1.75. The Morgan fingerprint density at radius 1 is 1.25 bits per heavy atom. The Morgan fingerprint density at radius 2 is 2.07 bits per heavy atom. The van der Waals surface area contributed by atoms with E-state index >= 15 is 0 Å². The number of H-pyrrole nitrogens is 1. The summed E-state index contributed by atoms with van der Waals surface area (Å²) in [5.41, 5.74) is 1.39. The second-order valence-corrected chi connectivity index (χ2v) is 6.68. The van der Waals surface area contributed by atoms with Crippen molar-refractivity contribution in [2.24, 2.45) is 0 Å². The average Bonchev–Trinajstić information content (AvgIpc) is 2.71. The summed E-state index contributed by atoms with van der Waals surface area (Å²) in [6, 6.07) is 7.98. The lowest BCUT2D eigenvalue weighted by atomic mass is 9.99. The minimum atomic E-state index is -0.749. The van der Waals surface area contributed by atoms with Gasteiger partial charge in [0.2, 0.25) is 0 Å². The van der Waals surface area contributed by atoms with Crippen molar-refractivity contribution in [3.05, 3.63) is 73.5 Å². The van der Waals surface area contributed by atoms with Crippen LogP contribution < -0.4 is 21.8 Å². The molecule has 3 N–H and O–H groups in total. The predicted molar refractivity (Wildman–Crippen MR) is 104 cm³/mol. The molecule has 1 aromatic heterocycles. The molecule has 0 spiro atoms. The van der Waals surface area contributed by atoms with Gasteiger partial charge in [0.05, 0.1) is 16.7 Å². The number of fused-ring (bicyclic) bond motifs is 2. The topological polar surface area (TPSA) is 96.0 Å². The zero-order valence-corrected chi connectivity index (χ0v) is 15.3. The highest BCUT2D eigenvalue weighted by molar-refractivity contribution is 6.06. The number of nitrogens with one attached hydrogen (secondary N) is 3. The molecule has 1 amide bonds. The van der Waals surface area contributed by atoms with Crippen LogP contribution in [0.1, 0.15) is 28.4 Å². The number of benzene rings is 2. The van der Waals surface area contributed by atoms with E-state index in [1.54, 1.807) is 31.2 Å². The molecule has 0 fully saturated rings. The van der Waals surface area contributed by atoms with E-state index < -0.39 is 22.8 Å². The minimum Gasteiger partial charge on any atom is -0.319 e. The van der Waals surface area contributed by atoms with E-state index in [1.807, 2.05) is 0 Å². The van der Waals surface area contributed by atoms with Gasteiger partial charge in [0.15, 0.2) is 0 Å². The number of aromatic amines is 1. The van der Waals surface area contributed by atoms with Crippen molar-refractivity contribution in [2.75, 3.05) is 11.9 Å². The maximum Gasteiger partial charge on any atom is 0.316 e. The molecule has 0 atom stereocenters. The van der Waals surface area contributed by atoms with E-state index in [0.717, 1.165) is 5.56 Å². The van der Waals surface area contributed by atoms with Crippen LogP contribution in [0.4, 0.5) is 10.1 Å². The van der Waals surface area contributed by atoms with Gasteiger partial charge in [-0.25, -0.2) is 4.39 Å². The van der Waals surface area contributed by atoms with E-state index in [-0.39, 0.29) is 11.3 Å². The number of rotatable bonds is 3. The van der Waals surface area contributed by atoms with Gasteiger partial charge in [-0.05, 0) is 55.3 Å². The van der Waals surface area contributed by atoms with Crippen LogP contribution in [0.25, 0.3) is 11.0 Å². The van der Waals surface area contributed by atoms with Gasteiger partial charge in [0, 0.05) is 18.7 Å². The van der Waals surface area contributed by atoms with E-state index in [0.29, 0.717) is 42.7 Å². The number of aryl methyl sites for hydroxylation is 1. The highest BCUT2D eigenvalue weighted by Crippen LogP contribution is 2.25. The molecule has 2 aromatic carbocycles. The lowest BCUT2D eigenvalue weighted by molar-refractivity contribution is 0.102. The number of amides is 1. The molecule has 7 nitrogen and oxygen atoms in total. The summed E-state index contributed by atoms with van der Waals surface area (Å²) in [7, 11) is 0. The van der Waals surface area contributed by atoms with E-state index in [2.05, 4.69) is 15.6 Å². The number of halogens is 1. The molecule has 0 aliphatic carbocycles. The fraction of sp³-hybridized carbons (Fsp3) is 0.250. The second-order valence-electron chi connectivity index (χ2n) is 6.68. The fourth-order valence-electron chi connectivity index (χ4n) is 3.56. The molecule has 0 radical (unpaired) electrons. The normalized spacial score (nSPS) is 13.4. The molecule has 0 bridgehead atoms. The number of hydrogen-bond acceptors (Lipinski definition) is 4. The summed E-state index contributed by atoms with van der Waals surface area (Å²) < 4.78 is 16.1. The first-order valence-corrected chi connectivity index (χ1v) is 9.08. The van der Waals surface area contributed by atoms with Gasteiger partial charge >= 0.3 is 11.1 Å². The lowest BCUT2D eigenvalue weighted by Crippen LogP contribution is -2.36. The Kier molecular flexibility index (Phi) is 4.56. The van der Waals surface area contributed by atoms with Crippen molar-refractivity contribution >= 4 is 22.6 Å². The quantitative estimate of drug-likeness (QED) is 0.602. The third kappa shape index (κ3) is 3.01. The molecule has 1 aliphatic heterocycles. The SMILES string of the molecule is CCn1c(=O)c(=O)[nH]c2cc(C(=O)Nc3ccc4c(c3F)CCNC4)ccc21. The molecule has 0 saturated heterocycles. The molecule has 28 heavy (non-hydrogen) atoms. The van der Waals surface area contributed by atoms with E-state index in [9.17, 15) is 18.8 Å². The number of nitrogens with zero attached hydrogens (tertiary/aromatic N) is 1. The van der Waals surface area contributed by atoms with Crippen molar-refractivity contribution < 1.29 is 9.18 Å². The Balaban J connectivity index is 1.69. The van der Waals surface area contributed by atoms with Crippen molar-refractivity contribution in [2.45, 2.75) is 26.4 Å². The zero-order chi connectivity index (χ0) is 19.8. The molecule has 1 aliphatic rings. The molecule has 2 heterocycles. The average molecular weight is 382 g/mol. The number of carbonyl (C=O) groups excluding carboxylic acids is 1. The first kappa shape index (κ1) is 18.1. The molecule has 144 valence electrons. The highest BCUT2D eigenvalue weighted by atomic mass is 19.1. The second kappa shape index (κ2) is 7.05. The lowest BCUT2D eigenvalue weighted by Gasteiger charge is -2.19. The van der Waals surface area contributed by atoms with Crippen LogP contribution >= 0.6 is 0 Å². The van der Waals surface area contributed by atoms with Gasteiger partial charge in [0.1, 0.15) is 5.82 Å². The first-order valence-electron chi connectivity index (χ1n) is 9.08. The van der Waals surface area contributed by atoms with Gasteiger partial charge < -0.3 is 20.2 Å². The standard InChI is InChI=1S/C20H19FN4O3/c1-2-25-16-6-4-11(9-15(16)24-19(27)20(25)28)18(26)23-14-5-3-12-10-22-8-7-13(12)17(14)21/h3-6,9,22H,2,7-8,10H2,1H3,(H,23,26)(H,24,27).